The van der Waals surface area contributed by atoms with E-state index in [1.807, 2.05) is 0 Å². The van der Waals surface area contributed by atoms with Crippen LogP contribution >= 0.6 is 0 Å². The molecule has 0 unspecified atom stereocenters. The second-order valence-electron chi connectivity index (χ2n) is 11.6. The van der Waals surface area contributed by atoms with E-state index in [0.29, 0.717) is 0 Å². The number of fused-ring (bicyclic) bond motifs is 4. The predicted molar refractivity (Wildman–Crippen MR) is 162 cm³/mol. The summed E-state index contributed by atoms with van der Waals surface area (Å²) in [7, 11) is 2.16. The second-order valence-corrected chi connectivity index (χ2v) is 22.3. The van der Waals surface area contributed by atoms with E-state index in [2.05, 4.69) is 139 Å². The zero-order valence-corrected chi connectivity index (χ0v) is 25.1. The molecule has 0 aliphatic rings. The van der Waals surface area contributed by atoms with Crippen LogP contribution in [0.4, 0.5) is 0 Å². The van der Waals surface area contributed by atoms with Crippen LogP contribution in [0.15, 0.2) is 85.1 Å². The molecule has 0 saturated heterocycles. The van der Waals surface area contributed by atoms with Gasteiger partial charge in [0.25, 0.3) is 0 Å². The van der Waals surface area contributed by atoms with E-state index in [-0.39, 0.29) is 0 Å². The summed E-state index contributed by atoms with van der Waals surface area (Å²) in [5.74, 6) is 7.42. The molecule has 0 radical (unpaired) electrons. The fraction of sp³-hybridized carbons (Fsp3) is 0.206. The number of hydrogen-bond donors (Lipinski definition) is 0. The second kappa shape index (κ2) is 8.60. The van der Waals surface area contributed by atoms with Crippen LogP contribution in [0.5, 0.6) is 0 Å². The molecule has 37 heavy (non-hydrogen) atoms. The molecule has 2 heterocycles. The van der Waals surface area contributed by atoms with Gasteiger partial charge >= 0.3 is 203 Å². The molecule has 0 bridgehead atoms. The minimum atomic E-state index is -1.99. The topological polar surface area (TPSA) is 8.81 Å². The van der Waals surface area contributed by atoms with Crippen LogP contribution < -0.4 is 8.96 Å². The van der Waals surface area contributed by atoms with Crippen molar-refractivity contribution >= 4 is 50.2 Å². The van der Waals surface area contributed by atoms with Crippen LogP contribution in [-0.2, 0) is 7.05 Å². The first-order valence-corrected chi connectivity index (χ1v) is 20.5. The van der Waals surface area contributed by atoms with Crippen LogP contribution in [0.3, 0.4) is 0 Å². The Balaban J connectivity index is 1.64. The van der Waals surface area contributed by atoms with Crippen molar-refractivity contribution < 1.29 is 4.57 Å². The van der Waals surface area contributed by atoms with E-state index >= 15 is 0 Å². The fourth-order valence-electron chi connectivity index (χ4n) is 5.84. The summed E-state index contributed by atoms with van der Waals surface area (Å²) < 4.78 is 6.28. The number of aromatic nitrogens is 2. The Bertz CT molecular complexity index is 1850. The van der Waals surface area contributed by atoms with E-state index < -0.39 is 13.3 Å². The van der Waals surface area contributed by atoms with Gasteiger partial charge in [-0.1, -0.05) is 6.07 Å². The third-order valence-corrected chi connectivity index (χ3v) is 12.3. The van der Waals surface area contributed by atoms with Crippen molar-refractivity contribution in [3.05, 3.63) is 102 Å². The van der Waals surface area contributed by atoms with Crippen molar-refractivity contribution in [3.8, 4) is 16.9 Å². The maximum atomic E-state index is 2.47. The number of aryl methyl sites for hydroxylation is 3. The summed E-state index contributed by atoms with van der Waals surface area (Å²) in [5.41, 5.74) is 10.4. The molecule has 184 valence electrons. The first-order chi connectivity index (χ1) is 17.6. The van der Waals surface area contributed by atoms with E-state index in [1.165, 1.54) is 70.6 Å². The van der Waals surface area contributed by atoms with Gasteiger partial charge < -0.3 is 0 Å². The third-order valence-electron chi connectivity index (χ3n) is 7.99. The summed E-state index contributed by atoms with van der Waals surface area (Å²) >= 11 is -1.99. The molecule has 0 saturated carbocycles. The van der Waals surface area contributed by atoms with Gasteiger partial charge in [-0.15, -0.1) is 0 Å². The van der Waals surface area contributed by atoms with Gasteiger partial charge in [0.1, 0.15) is 0 Å². The predicted octanol–water partition coefficient (Wildman–Crippen LogP) is 7.90. The van der Waals surface area contributed by atoms with Crippen molar-refractivity contribution in [1.82, 2.24) is 4.57 Å². The Morgan fingerprint density at radius 1 is 0.703 bits per heavy atom. The van der Waals surface area contributed by atoms with Gasteiger partial charge in [-0.3, -0.25) is 0 Å². The van der Waals surface area contributed by atoms with Crippen LogP contribution in [0.25, 0.3) is 49.5 Å². The molecule has 2 aromatic heterocycles. The van der Waals surface area contributed by atoms with Crippen molar-refractivity contribution in [2.24, 2.45) is 7.05 Å². The van der Waals surface area contributed by atoms with Gasteiger partial charge in [0.2, 0.25) is 0 Å². The number of hydrogen-bond acceptors (Lipinski definition) is 0. The van der Waals surface area contributed by atoms with Gasteiger partial charge in [-0.05, 0) is 13.8 Å². The molecule has 6 aromatic rings. The summed E-state index contributed by atoms with van der Waals surface area (Å²) in [6, 6.07) is 29.9. The van der Waals surface area contributed by atoms with Gasteiger partial charge in [-0.2, -0.15) is 0 Å². The Morgan fingerprint density at radius 2 is 1.43 bits per heavy atom. The molecular formula is C34H35GeN2+. The number of para-hydroxylation sites is 1. The number of pyridine rings is 1. The molecular weight excluding hydrogens is 509 g/mol. The normalized spacial score (nSPS) is 12.2. The third kappa shape index (κ3) is 3.90. The SMILES string of the molecule is Cc1cc(C)c(C)c(-c2c3ccc(-n4c5ccccc5c5cc[c]([Ge]([CH3])([CH3])[CH3])cc54)cc3cc[n+]2C)c1. The summed E-state index contributed by atoms with van der Waals surface area (Å²) in [6.07, 6.45) is 2.20. The zero-order valence-electron chi connectivity index (χ0n) is 23.0. The van der Waals surface area contributed by atoms with Gasteiger partial charge in [0.05, 0.1) is 0 Å². The fourth-order valence-corrected chi connectivity index (χ4v) is 8.25. The number of rotatable bonds is 3. The van der Waals surface area contributed by atoms with E-state index in [4.69, 9.17) is 0 Å². The van der Waals surface area contributed by atoms with Gasteiger partial charge in [0, 0.05) is 0 Å². The number of benzene rings is 4. The first-order valence-electron chi connectivity index (χ1n) is 13.2. The molecule has 0 aliphatic heterocycles. The van der Waals surface area contributed by atoms with E-state index in [0.717, 1.165) is 0 Å². The first kappa shape index (κ1) is 24.0. The Labute approximate surface area is 222 Å². The molecule has 4 aromatic carbocycles. The van der Waals surface area contributed by atoms with Gasteiger partial charge in [0.15, 0.2) is 0 Å². The van der Waals surface area contributed by atoms with Gasteiger partial charge in [-0.25, -0.2) is 0 Å². The molecule has 0 spiro atoms. The zero-order chi connectivity index (χ0) is 26.1. The van der Waals surface area contributed by atoms with Crippen molar-refractivity contribution in [2.75, 3.05) is 0 Å². The van der Waals surface area contributed by atoms with Crippen LogP contribution in [0.1, 0.15) is 16.7 Å². The number of nitrogens with zero attached hydrogens (tertiary/aromatic N) is 2. The summed E-state index contributed by atoms with van der Waals surface area (Å²) in [6.45, 7) is 6.65. The Hall–Kier alpha value is -3.37. The van der Waals surface area contributed by atoms with Crippen LogP contribution in [-0.4, -0.2) is 17.8 Å². The molecule has 0 aliphatic carbocycles. The molecule has 0 N–H and O–H groups in total. The van der Waals surface area contributed by atoms with Crippen LogP contribution in [0, 0.1) is 20.8 Å². The maximum absolute atomic E-state index is 2.47. The average molecular weight is 544 g/mol. The Kier molecular flexibility index (Phi) is 5.58. The van der Waals surface area contributed by atoms with E-state index in [1.54, 1.807) is 0 Å². The minimum absolute atomic E-state index is 1.22. The molecule has 6 rings (SSSR count). The standard InChI is InChI=1S/C34H35GeN2/c1-22-18-23(2)24(3)31(19-22)34-28-15-13-27(20-25(28)16-17-36(34)7)37-32-11-9-8-10-29(32)30-14-12-26(21-33(30)37)35(4,5)6/h8-21H,1-7H3/q+1. The van der Waals surface area contributed by atoms with Crippen molar-refractivity contribution in [3.63, 3.8) is 0 Å². The monoisotopic (exact) mass is 545 g/mol. The van der Waals surface area contributed by atoms with Crippen molar-refractivity contribution in [2.45, 2.75) is 38.0 Å². The summed E-state index contributed by atoms with van der Waals surface area (Å²) in [4.78, 5) is 0. The van der Waals surface area contributed by atoms with E-state index in [9.17, 15) is 0 Å². The van der Waals surface area contributed by atoms with Crippen molar-refractivity contribution in [1.29, 1.82) is 0 Å². The molecule has 3 heteroatoms. The molecule has 0 atom stereocenters. The Morgan fingerprint density at radius 3 is 2.22 bits per heavy atom. The molecule has 0 fully saturated rings. The van der Waals surface area contributed by atoms with Crippen LogP contribution in [0.2, 0.25) is 17.3 Å². The quantitative estimate of drug-likeness (QED) is 0.158. The summed E-state index contributed by atoms with van der Waals surface area (Å²) in [5, 5.41) is 5.20. The average Bonchev–Trinajstić information content (AvgIpc) is 3.19. The molecule has 0 amide bonds. The molecule has 2 nitrogen and oxygen atoms in total.